The van der Waals surface area contributed by atoms with Gasteiger partial charge in [0.25, 0.3) is 0 Å². The van der Waals surface area contributed by atoms with E-state index >= 15 is 0 Å². The van der Waals surface area contributed by atoms with E-state index < -0.39 is 19.4 Å². The van der Waals surface area contributed by atoms with Crippen LogP contribution in [0.5, 0.6) is 5.88 Å². The second kappa shape index (κ2) is 7.39. The average molecular weight is 347 g/mol. The van der Waals surface area contributed by atoms with Crippen LogP contribution in [0.3, 0.4) is 0 Å². The van der Waals surface area contributed by atoms with Crippen LogP contribution in [-0.2, 0) is 10.8 Å². The van der Waals surface area contributed by atoms with Gasteiger partial charge in [0.1, 0.15) is 12.3 Å². The number of nitrogens with one attached hydrogen (secondary N) is 1. The van der Waals surface area contributed by atoms with Gasteiger partial charge in [0.05, 0.1) is 11.5 Å². The van der Waals surface area contributed by atoms with Crippen LogP contribution in [0.25, 0.3) is 0 Å². The standard InChI is InChI=1S/C14H26FN3O4Si/c1-7-11-12(18(19)20)13(17-16-11)21-8-10(15)9-22-23(5,6)14(2,3)4/h10H,7-9H2,1-6H3,(H,16,17). The highest BCUT2D eigenvalue weighted by atomic mass is 28.4. The third-order valence-electron chi connectivity index (χ3n) is 4.15. The smallest absolute Gasteiger partial charge is 0.352 e. The maximum atomic E-state index is 14.0. The molecule has 9 heteroatoms. The van der Waals surface area contributed by atoms with Crippen molar-refractivity contribution in [3.8, 4) is 5.88 Å². The first-order chi connectivity index (χ1) is 10.5. The molecule has 23 heavy (non-hydrogen) atoms. The maximum Gasteiger partial charge on any atom is 0.352 e. The topological polar surface area (TPSA) is 90.3 Å². The number of hydrogen-bond donors (Lipinski definition) is 1. The Morgan fingerprint density at radius 3 is 2.48 bits per heavy atom. The Hall–Kier alpha value is -1.48. The number of H-pyrrole nitrogens is 1. The molecule has 7 nitrogen and oxygen atoms in total. The van der Waals surface area contributed by atoms with E-state index in [0.29, 0.717) is 12.1 Å². The Labute approximate surface area is 136 Å². The van der Waals surface area contributed by atoms with Crippen molar-refractivity contribution in [2.45, 2.75) is 58.4 Å². The fraction of sp³-hybridized carbons (Fsp3) is 0.786. The van der Waals surface area contributed by atoms with Gasteiger partial charge in [0.2, 0.25) is 0 Å². The maximum absolute atomic E-state index is 14.0. The van der Waals surface area contributed by atoms with Crippen molar-refractivity contribution >= 4 is 14.0 Å². The van der Waals surface area contributed by atoms with Gasteiger partial charge in [-0.2, -0.15) is 0 Å². The lowest BCUT2D eigenvalue weighted by molar-refractivity contribution is -0.386. The molecule has 0 aliphatic heterocycles. The third-order valence-corrected chi connectivity index (χ3v) is 8.65. The number of nitrogens with zero attached hydrogens (tertiary/aromatic N) is 2. The van der Waals surface area contributed by atoms with Gasteiger partial charge in [-0.25, -0.2) is 4.39 Å². The molecule has 0 saturated carbocycles. The Morgan fingerprint density at radius 1 is 1.39 bits per heavy atom. The molecule has 132 valence electrons. The van der Waals surface area contributed by atoms with Crippen molar-refractivity contribution in [2.75, 3.05) is 13.2 Å². The number of alkyl halides is 1. The molecule has 1 aromatic rings. The molecule has 0 aromatic carbocycles. The second-order valence-corrected chi connectivity index (χ2v) is 11.8. The minimum atomic E-state index is -2.03. The highest BCUT2D eigenvalue weighted by Crippen LogP contribution is 2.36. The lowest BCUT2D eigenvalue weighted by Gasteiger charge is -2.36. The molecule has 0 fully saturated rings. The van der Waals surface area contributed by atoms with Crippen molar-refractivity contribution in [3.63, 3.8) is 0 Å². The summed E-state index contributed by atoms with van der Waals surface area (Å²) in [5, 5.41) is 17.3. The normalized spacial score (nSPS) is 13.9. The first-order valence-electron chi connectivity index (χ1n) is 7.62. The summed E-state index contributed by atoms with van der Waals surface area (Å²) in [6.45, 7) is 11.6. The van der Waals surface area contributed by atoms with Crippen molar-refractivity contribution in [1.82, 2.24) is 10.2 Å². The van der Waals surface area contributed by atoms with Gasteiger partial charge >= 0.3 is 11.6 Å². The van der Waals surface area contributed by atoms with Crippen molar-refractivity contribution < 1.29 is 18.5 Å². The van der Waals surface area contributed by atoms with E-state index in [1.165, 1.54) is 0 Å². The molecule has 1 N–H and O–H groups in total. The third kappa shape index (κ3) is 5.00. The first-order valence-corrected chi connectivity index (χ1v) is 10.5. The van der Waals surface area contributed by atoms with Gasteiger partial charge in [-0.15, -0.1) is 5.10 Å². The number of aryl methyl sites for hydroxylation is 1. The van der Waals surface area contributed by atoms with Crippen LogP contribution in [0.15, 0.2) is 0 Å². The quantitative estimate of drug-likeness (QED) is 0.440. The molecular weight excluding hydrogens is 321 g/mol. The molecule has 0 aliphatic rings. The summed E-state index contributed by atoms with van der Waals surface area (Å²) >= 11 is 0. The van der Waals surface area contributed by atoms with Crippen molar-refractivity contribution in [2.24, 2.45) is 0 Å². The zero-order valence-electron chi connectivity index (χ0n) is 14.6. The number of aromatic amines is 1. The van der Waals surface area contributed by atoms with Gasteiger partial charge in [-0.05, 0) is 24.6 Å². The molecule has 0 aliphatic carbocycles. The zero-order valence-corrected chi connectivity index (χ0v) is 15.6. The Kier molecular flexibility index (Phi) is 6.29. The summed E-state index contributed by atoms with van der Waals surface area (Å²) < 4.78 is 24.9. The molecule has 1 aromatic heterocycles. The Balaban J connectivity index is 2.59. The number of ether oxygens (including phenoxy) is 1. The van der Waals surface area contributed by atoms with Gasteiger partial charge in [0, 0.05) is 0 Å². The summed E-state index contributed by atoms with van der Waals surface area (Å²) in [5.74, 6) is -0.179. The van der Waals surface area contributed by atoms with Crippen molar-refractivity contribution in [1.29, 1.82) is 0 Å². The van der Waals surface area contributed by atoms with E-state index in [2.05, 4.69) is 31.0 Å². The summed E-state index contributed by atoms with van der Waals surface area (Å²) in [7, 11) is -2.03. The van der Waals surface area contributed by atoms with Gasteiger partial charge in [0.15, 0.2) is 14.5 Å². The number of aromatic nitrogens is 2. The Bertz CT molecular complexity index is 543. The van der Waals surface area contributed by atoms with Crippen LogP contribution in [0, 0.1) is 10.1 Å². The fourth-order valence-electron chi connectivity index (χ4n) is 1.62. The van der Waals surface area contributed by atoms with E-state index in [9.17, 15) is 14.5 Å². The molecule has 0 saturated heterocycles. The lowest BCUT2D eigenvalue weighted by Crippen LogP contribution is -2.42. The van der Waals surface area contributed by atoms with E-state index in [-0.39, 0.29) is 29.8 Å². The minimum Gasteiger partial charge on any atom is -0.469 e. The molecule has 1 rings (SSSR count). The molecule has 0 spiro atoms. The lowest BCUT2D eigenvalue weighted by atomic mass is 10.2. The highest BCUT2D eigenvalue weighted by molar-refractivity contribution is 6.74. The van der Waals surface area contributed by atoms with Crippen LogP contribution in [0.2, 0.25) is 18.1 Å². The number of nitro groups is 1. The van der Waals surface area contributed by atoms with Crippen LogP contribution in [0.1, 0.15) is 33.4 Å². The van der Waals surface area contributed by atoms with E-state index in [1.807, 2.05) is 13.1 Å². The highest BCUT2D eigenvalue weighted by Gasteiger charge is 2.37. The van der Waals surface area contributed by atoms with Gasteiger partial charge in [-0.1, -0.05) is 27.7 Å². The molecular formula is C14H26FN3O4Si. The second-order valence-electron chi connectivity index (χ2n) is 6.95. The van der Waals surface area contributed by atoms with E-state index in [1.54, 1.807) is 6.92 Å². The SMILES string of the molecule is CCc1[nH]nc(OCC(F)CO[Si](C)(C)C(C)(C)C)c1[N+](=O)[O-]. The molecule has 1 unspecified atom stereocenters. The average Bonchev–Trinajstić information content (AvgIpc) is 2.84. The number of halogens is 1. The number of hydrogen-bond acceptors (Lipinski definition) is 5. The van der Waals surface area contributed by atoms with Crippen LogP contribution in [0.4, 0.5) is 10.1 Å². The fourth-order valence-corrected chi connectivity index (χ4v) is 2.65. The van der Waals surface area contributed by atoms with Gasteiger partial charge in [-0.3, -0.25) is 15.2 Å². The Morgan fingerprint density at radius 2 is 2.00 bits per heavy atom. The predicted octanol–water partition coefficient (Wildman–Crippen LogP) is 3.62. The molecule has 1 heterocycles. The largest absolute Gasteiger partial charge is 0.469 e. The molecule has 0 radical (unpaired) electrons. The van der Waals surface area contributed by atoms with E-state index in [0.717, 1.165) is 0 Å². The molecule has 1 atom stereocenters. The predicted molar refractivity (Wildman–Crippen MR) is 88.2 cm³/mol. The van der Waals surface area contributed by atoms with Crippen LogP contribution in [-0.4, -0.2) is 42.8 Å². The van der Waals surface area contributed by atoms with Crippen LogP contribution >= 0.6 is 0 Å². The zero-order chi connectivity index (χ0) is 17.8. The summed E-state index contributed by atoms with van der Waals surface area (Å²) in [6, 6.07) is 0. The summed E-state index contributed by atoms with van der Waals surface area (Å²) in [5.41, 5.74) is 0.128. The minimum absolute atomic E-state index is 0.00934. The first kappa shape index (κ1) is 19.6. The van der Waals surface area contributed by atoms with Crippen LogP contribution < -0.4 is 4.74 Å². The van der Waals surface area contributed by atoms with Gasteiger partial charge < -0.3 is 9.16 Å². The van der Waals surface area contributed by atoms with Crippen molar-refractivity contribution in [3.05, 3.63) is 15.8 Å². The summed E-state index contributed by atoms with van der Waals surface area (Å²) in [4.78, 5) is 10.5. The number of rotatable bonds is 8. The van der Waals surface area contributed by atoms with E-state index in [4.69, 9.17) is 9.16 Å². The summed E-state index contributed by atoms with van der Waals surface area (Å²) in [6.07, 6.45) is -0.953. The monoisotopic (exact) mass is 347 g/mol. The molecule has 0 amide bonds. The molecule has 0 bridgehead atoms.